The van der Waals surface area contributed by atoms with Gasteiger partial charge in [-0.05, 0) is 42.9 Å². The Hall–Kier alpha value is -0.890. The van der Waals surface area contributed by atoms with Crippen LogP contribution in [-0.4, -0.2) is 61.5 Å². The number of aromatic nitrogens is 2. The third-order valence-corrected chi connectivity index (χ3v) is 7.05. The van der Waals surface area contributed by atoms with Crippen LogP contribution in [0.3, 0.4) is 0 Å². The third-order valence-electron chi connectivity index (χ3n) is 4.13. The van der Waals surface area contributed by atoms with Crippen LogP contribution in [-0.2, 0) is 29.0 Å². The molecular formula is C17H27N3O2S2. The van der Waals surface area contributed by atoms with Crippen LogP contribution in [0.1, 0.15) is 12.0 Å². The molecule has 0 aliphatic carbocycles. The SMILES string of the molecule is CS(C)(C)CCOCn1cnc2cc(CN3CCCS3=O)ccc21. The molecule has 2 aromatic rings. The molecule has 134 valence electrons. The van der Waals surface area contributed by atoms with Gasteiger partial charge in [-0.3, -0.25) is 0 Å². The van der Waals surface area contributed by atoms with E-state index in [1.807, 2.05) is 15.2 Å². The van der Waals surface area contributed by atoms with Gasteiger partial charge in [-0.15, -0.1) is 0 Å². The van der Waals surface area contributed by atoms with Crippen LogP contribution < -0.4 is 0 Å². The fourth-order valence-electron chi connectivity index (χ4n) is 2.73. The van der Waals surface area contributed by atoms with Crippen molar-refractivity contribution < 1.29 is 8.95 Å². The Labute approximate surface area is 148 Å². The molecule has 0 spiro atoms. The van der Waals surface area contributed by atoms with E-state index in [1.165, 1.54) is 5.56 Å². The summed E-state index contributed by atoms with van der Waals surface area (Å²) in [5, 5.41) is 0. The lowest BCUT2D eigenvalue weighted by Crippen LogP contribution is -2.19. The molecule has 0 bridgehead atoms. The second-order valence-electron chi connectivity index (χ2n) is 7.11. The van der Waals surface area contributed by atoms with E-state index in [-0.39, 0.29) is 0 Å². The van der Waals surface area contributed by atoms with E-state index in [9.17, 15) is 4.21 Å². The highest BCUT2D eigenvalue weighted by Crippen LogP contribution is 2.33. The van der Waals surface area contributed by atoms with Crippen LogP contribution in [0, 0.1) is 0 Å². The Kier molecular flexibility index (Phi) is 5.64. The normalized spacial score (nSPS) is 20.0. The van der Waals surface area contributed by atoms with Crippen LogP contribution >= 0.6 is 10.0 Å². The molecule has 1 unspecified atom stereocenters. The number of imidazole rings is 1. The van der Waals surface area contributed by atoms with Gasteiger partial charge < -0.3 is 9.30 Å². The second kappa shape index (κ2) is 7.56. The summed E-state index contributed by atoms with van der Waals surface area (Å²) in [5.74, 6) is 1.92. The van der Waals surface area contributed by atoms with Crippen molar-refractivity contribution in [3.05, 3.63) is 30.1 Å². The first kappa shape index (κ1) is 17.9. The highest BCUT2D eigenvalue weighted by atomic mass is 32.3. The molecule has 1 aliphatic heterocycles. The molecule has 1 saturated heterocycles. The predicted molar refractivity (Wildman–Crippen MR) is 104 cm³/mol. The monoisotopic (exact) mass is 369 g/mol. The summed E-state index contributed by atoms with van der Waals surface area (Å²) >= 11 is 0. The summed E-state index contributed by atoms with van der Waals surface area (Å²) in [6.45, 7) is 2.99. The standard InChI is InChI=1S/C17H27N3O2S2/c1-24(2,3)10-8-22-14-19-13-18-16-11-15(5-6-17(16)19)12-20-7-4-9-23(20)21/h5-6,11,13H,4,7-10,12,14H2,1-3H3. The summed E-state index contributed by atoms with van der Waals surface area (Å²) in [6, 6.07) is 6.30. The fourth-order valence-corrected chi connectivity index (χ4v) is 4.61. The number of hydrogen-bond acceptors (Lipinski definition) is 3. The first-order valence-electron chi connectivity index (χ1n) is 8.23. The summed E-state index contributed by atoms with van der Waals surface area (Å²) in [7, 11) is -1.32. The van der Waals surface area contributed by atoms with Crippen molar-refractivity contribution in [3.8, 4) is 0 Å². The van der Waals surface area contributed by atoms with Crippen molar-refractivity contribution in [2.75, 3.05) is 43.4 Å². The van der Waals surface area contributed by atoms with Crippen molar-refractivity contribution in [3.63, 3.8) is 0 Å². The van der Waals surface area contributed by atoms with Gasteiger partial charge in [0.25, 0.3) is 0 Å². The summed E-state index contributed by atoms with van der Waals surface area (Å²) in [6.07, 6.45) is 9.78. The Morgan fingerprint density at radius 3 is 2.88 bits per heavy atom. The minimum atomic E-state index is -0.813. The number of hydrogen-bond donors (Lipinski definition) is 0. The molecule has 0 saturated carbocycles. The lowest BCUT2D eigenvalue weighted by atomic mass is 10.2. The zero-order valence-electron chi connectivity index (χ0n) is 14.7. The first-order valence-corrected chi connectivity index (χ1v) is 12.5. The number of nitrogens with zero attached hydrogens (tertiary/aromatic N) is 3. The smallest absolute Gasteiger partial charge is 0.124 e. The summed E-state index contributed by atoms with van der Waals surface area (Å²) in [5.41, 5.74) is 3.23. The van der Waals surface area contributed by atoms with Gasteiger partial charge in [0.05, 0.1) is 35.0 Å². The molecular weight excluding hydrogens is 342 g/mol. The van der Waals surface area contributed by atoms with Crippen LogP contribution in [0.2, 0.25) is 0 Å². The van der Waals surface area contributed by atoms with Crippen LogP contribution in [0.15, 0.2) is 24.5 Å². The van der Waals surface area contributed by atoms with Crippen molar-refractivity contribution in [1.82, 2.24) is 13.9 Å². The summed E-state index contributed by atoms with van der Waals surface area (Å²) < 4.78 is 21.8. The Morgan fingerprint density at radius 2 is 2.17 bits per heavy atom. The number of ether oxygens (including phenoxy) is 1. The Bertz CT molecular complexity index is 724. The molecule has 1 fully saturated rings. The van der Waals surface area contributed by atoms with Crippen molar-refractivity contribution in [2.24, 2.45) is 0 Å². The largest absolute Gasteiger partial charge is 0.360 e. The average molecular weight is 370 g/mol. The number of rotatable bonds is 7. The second-order valence-corrected chi connectivity index (χ2v) is 13.3. The van der Waals surface area contributed by atoms with Gasteiger partial charge in [0.1, 0.15) is 6.73 Å². The van der Waals surface area contributed by atoms with Crippen LogP contribution in [0.4, 0.5) is 0 Å². The average Bonchev–Trinajstić information content (AvgIpc) is 3.09. The molecule has 0 radical (unpaired) electrons. The molecule has 3 rings (SSSR count). The quantitative estimate of drug-likeness (QED) is 0.705. The van der Waals surface area contributed by atoms with Crippen LogP contribution in [0.5, 0.6) is 0 Å². The van der Waals surface area contributed by atoms with Gasteiger partial charge in [-0.1, -0.05) is 6.07 Å². The van der Waals surface area contributed by atoms with E-state index in [4.69, 9.17) is 4.74 Å². The molecule has 1 aliphatic rings. The van der Waals surface area contributed by atoms with E-state index in [0.717, 1.165) is 48.7 Å². The van der Waals surface area contributed by atoms with Crippen molar-refractivity contribution >= 4 is 32.0 Å². The highest BCUT2D eigenvalue weighted by Gasteiger charge is 2.20. The third kappa shape index (κ3) is 4.59. The predicted octanol–water partition coefficient (Wildman–Crippen LogP) is 2.57. The molecule has 1 atom stereocenters. The molecule has 1 aromatic carbocycles. The molecule has 7 heteroatoms. The lowest BCUT2D eigenvalue weighted by Gasteiger charge is -2.24. The van der Waals surface area contributed by atoms with E-state index >= 15 is 0 Å². The van der Waals surface area contributed by atoms with Gasteiger partial charge >= 0.3 is 0 Å². The van der Waals surface area contributed by atoms with Gasteiger partial charge in [-0.25, -0.2) is 23.5 Å². The topological polar surface area (TPSA) is 47.4 Å². The van der Waals surface area contributed by atoms with E-state index in [1.54, 1.807) is 0 Å². The zero-order chi connectivity index (χ0) is 17.2. The van der Waals surface area contributed by atoms with Gasteiger partial charge in [0.2, 0.25) is 0 Å². The van der Waals surface area contributed by atoms with Gasteiger partial charge in [0, 0.05) is 24.6 Å². The molecule has 24 heavy (non-hydrogen) atoms. The maximum Gasteiger partial charge on any atom is 0.124 e. The lowest BCUT2D eigenvalue weighted by molar-refractivity contribution is 0.0923. The molecule has 0 amide bonds. The molecule has 2 heterocycles. The Balaban J connectivity index is 1.62. The van der Waals surface area contributed by atoms with E-state index < -0.39 is 21.0 Å². The van der Waals surface area contributed by atoms with Crippen molar-refractivity contribution in [2.45, 2.75) is 19.7 Å². The maximum absolute atomic E-state index is 11.9. The summed E-state index contributed by atoms with van der Waals surface area (Å²) in [4.78, 5) is 4.49. The van der Waals surface area contributed by atoms with E-state index in [0.29, 0.717) is 6.73 Å². The maximum atomic E-state index is 11.9. The zero-order valence-corrected chi connectivity index (χ0v) is 16.4. The number of fused-ring (bicyclic) bond motifs is 1. The highest BCUT2D eigenvalue weighted by molar-refractivity contribution is 8.32. The fraction of sp³-hybridized carbons (Fsp3) is 0.588. The minimum Gasteiger partial charge on any atom is -0.360 e. The molecule has 5 nitrogen and oxygen atoms in total. The van der Waals surface area contributed by atoms with E-state index in [2.05, 4.69) is 42.0 Å². The van der Waals surface area contributed by atoms with Gasteiger partial charge in [-0.2, -0.15) is 0 Å². The number of benzene rings is 1. The minimum absolute atomic E-state index is 0.509. The first-order chi connectivity index (χ1) is 11.4. The molecule has 1 aromatic heterocycles. The van der Waals surface area contributed by atoms with Crippen molar-refractivity contribution in [1.29, 1.82) is 0 Å². The van der Waals surface area contributed by atoms with Crippen LogP contribution in [0.25, 0.3) is 11.0 Å². The molecule has 0 N–H and O–H groups in total. The van der Waals surface area contributed by atoms with Gasteiger partial charge in [0.15, 0.2) is 0 Å². The Morgan fingerprint density at radius 1 is 1.33 bits per heavy atom.